The van der Waals surface area contributed by atoms with Crippen molar-refractivity contribution in [2.75, 3.05) is 0 Å². The molecule has 0 unspecified atom stereocenters. The fourth-order valence-electron chi connectivity index (χ4n) is 3.18. The van der Waals surface area contributed by atoms with Crippen molar-refractivity contribution in [2.45, 2.75) is 76.4 Å². The van der Waals surface area contributed by atoms with Gasteiger partial charge in [0.25, 0.3) is 0 Å². The summed E-state index contributed by atoms with van der Waals surface area (Å²) >= 11 is 6.07. The quantitative estimate of drug-likeness (QED) is 0.765. The molecule has 0 N–H and O–H groups in total. The van der Waals surface area contributed by atoms with Crippen LogP contribution in [-0.4, -0.2) is 22.2 Å². The van der Waals surface area contributed by atoms with Gasteiger partial charge in [0.05, 0.1) is 0 Å². The third kappa shape index (κ3) is 4.47. The lowest BCUT2D eigenvalue weighted by Crippen LogP contribution is -2.22. The second-order valence-corrected chi connectivity index (χ2v) is 6.45. The molecule has 2 saturated carbocycles. The van der Waals surface area contributed by atoms with Crippen LogP contribution >= 0.6 is 11.6 Å². The maximum atomic E-state index is 6.07. The Balaban J connectivity index is 1.63. The first kappa shape index (κ1) is 14.9. The van der Waals surface area contributed by atoms with Gasteiger partial charge in [0, 0.05) is 6.07 Å². The zero-order valence-corrected chi connectivity index (χ0v) is 13.1. The lowest BCUT2D eigenvalue weighted by Gasteiger charge is -2.24. The molecule has 2 fully saturated rings. The first-order chi connectivity index (χ1) is 10.3. The molecule has 21 heavy (non-hydrogen) atoms. The Bertz CT molecular complexity index is 419. The van der Waals surface area contributed by atoms with E-state index in [4.69, 9.17) is 21.1 Å². The minimum Gasteiger partial charge on any atom is -0.474 e. The van der Waals surface area contributed by atoms with E-state index in [2.05, 4.69) is 9.97 Å². The monoisotopic (exact) mass is 310 g/mol. The average Bonchev–Trinajstić information content (AvgIpc) is 2.48. The summed E-state index contributed by atoms with van der Waals surface area (Å²) in [6, 6.07) is 2.05. The summed E-state index contributed by atoms with van der Waals surface area (Å²) in [5, 5.41) is 0.390. The van der Waals surface area contributed by atoms with Gasteiger partial charge in [-0.15, -0.1) is 0 Å². The molecule has 0 aliphatic heterocycles. The summed E-state index contributed by atoms with van der Waals surface area (Å²) in [4.78, 5) is 8.55. The van der Waals surface area contributed by atoms with Crippen LogP contribution < -0.4 is 9.47 Å². The van der Waals surface area contributed by atoms with Gasteiger partial charge in [-0.25, -0.2) is 0 Å². The lowest BCUT2D eigenvalue weighted by molar-refractivity contribution is 0.129. The van der Waals surface area contributed by atoms with Crippen LogP contribution in [0.3, 0.4) is 0 Å². The molecule has 0 radical (unpaired) electrons. The molecule has 0 bridgehead atoms. The van der Waals surface area contributed by atoms with E-state index in [0.717, 1.165) is 25.7 Å². The first-order valence-electron chi connectivity index (χ1n) is 8.17. The van der Waals surface area contributed by atoms with Gasteiger partial charge < -0.3 is 9.47 Å². The molecule has 2 aliphatic carbocycles. The van der Waals surface area contributed by atoms with Crippen LogP contribution in [-0.2, 0) is 0 Å². The van der Waals surface area contributed by atoms with Gasteiger partial charge in [-0.1, -0.05) is 24.4 Å². The number of nitrogens with zero attached hydrogens (tertiary/aromatic N) is 2. The van der Waals surface area contributed by atoms with Crippen molar-refractivity contribution in [3.63, 3.8) is 0 Å². The summed E-state index contributed by atoms with van der Waals surface area (Å²) in [5.74, 6) is 0.549. The van der Waals surface area contributed by atoms with Crippen molar-refractivity contribution >= 4 is 11.6 Å². The molecule has 3 rings (SSSR count). The van der Waals surface area contributed by atoms with Crippen LogP contribution in [0.4, 0.5) is 0 Å². The zero-order valence-electron chi connectivity index (χ0n) is 12.4. The van der Waals surface area contributed by atoms with Crippen molar-refractivity contribution in [1.82, 2.24) is 9.97 Å². The number of rotatable bonds is 4. The van der Waals surface area contributed by atoms with Gasteiger partial charge in [0.1, 0.15) is 17.4 Å². The number of hydrogen-bond donors (Lipinski definition) is 0. The first-order valence-corrected chi connectivity index (χ1v) is 8.55. The predicted octanol–water partition coefficient (Wildman–Crippen LogP) is 4.55. The Labute approximate surface area is 131 Å². The predicted molar refractivity (Wildman–Crippen MR) is 82.0 cm³/mol. The SMILES string of the molecule is Clc1cc(OC2CCCCC2)nc(OC2CCCCC2)n1. The average molecular weight is 311 g/mol. The van der Waals surface area contributed by atoms with Crippen LogP contribution in [0.2, 0.25) is 5.15 Å². The summed E-state index contributed by atoms with van der Waals surface area (Å²) in [5.41, 5.74) is 0. The number of halogens is 1. The second-order valence-electron chi connectivity index (χ2n) is 6.07. The third-order valence-electron chi connectivity index (χ3n) is 4.31. The minimum absolute atomic E-state index is 0.222. The van der Waals surface area contributed by atoms with E-state index in [1.54, 1.807) is 6.07 Å². The van der Waals surface area contributed by atoms with Gasteiger partial charge in [0.15, 0.2) is 0 Å². The van der Waals surface area contributed by atoms with Gasteiger partial charge in [0.2, 0.25) is 5.88 Å². The third-order valence-corrected chi connectivity index (χ3v) is 4.51. The molecule has 0 amide bonds. The highest BCUT2D eigenvalue weighted by atomic mass is 35.5. The maximum Gasteiger partial charge on any atom is 0.321 e. The van der Waals surface area contributed by atoms with E-state index < -0.39 is 0 Å². The fraction of sp³-hybridized carbons (Fsp3) is 0.750. The summed E-state index contributed by atoms with van der Waals surface area (Å²) in [7, 11) is 0. The Morgan fingerprint density at radius 3 is 2.00 bits per heavy atom. The Morgan fingerprint density at radius 1 is 0.810 bits per heavy atom. The number of hydrogen-bond acceptors (Lipinski definition) is 4. The molecule has 116 valence electrons. The minimum atomic E-state index is 0.222. The van der Waals surface area contributed by atoms with Crippen molar-refractivity contribution in [2.24, 2.45) is 0 Å². The van der Waals surface area contributed by atoms with Crippen LogP contribution in [0.1, 0.15) is 64.2 Å². The number of ether oxygens (including phenoxy) is 2. The largest absolute Gasteiger partial charge is 0.474 e. The molecular weight excluding hydrogens is 288 g/mol. The normalized spacial score (nSPS) is 21.2. The molecule has 5 heteroatoms. The molecular formula is C16H23ClN2O2. The van der Waals surface area contributed by atoms with Gasteiger partial charge in [-0.3, -0.25) is 0 Å². The highest BCUT2D eigenvalue weighted by Gasteiger charge is 2.19. The van der Waals surface area contributed by atoms with E-state index in [1.165, 1.54) is 38.5 Å². The number of aromatic nitrogens is 2. The van der Waals surface area contributed by atoms with E-state index in [0.29, 0.717) is 17.0 Å². The maximum absolute atomic E-state index is 6.07. The molecule has 4 nitrogen and oxygen atoms in total. The van der Waals surface area contributed by atoms with Gasteiger partial charge >= 0.3 is 6.01 Å². The Hall–Kier alpha value is -1.03. The molecule has 0 atom stereocenters. The van der Waals surface area contributed by atoms with Crippen LogP contribution in [0, 0.1) is 0 Å². The Kier molecular flexibility index (Phi) is 5.17. The highest BCUT2D eigenvalue weighted by Crippen LogP contribution is 2.26. The summed E-state index contributed by atoms with van der Waals surface area (Å²) < 4.78 is 11.8. The zero-order chi connectivity index (χ0) is 14.5. The van der Waals surface area contributed by atoms with Crippen molar-refractivity contribution in [3.8, 4) is 11.9 Å². The summed E-state index contributed by atoms with van der Waals surface area (Å²) in [6.07, 6.45) is 12.3. The van der Waals surface area contributed by atoms with Crippen molar-refractivity contribution in [3.05, 3.63) is 11.2 Å². The van der Waals surface area contributed by atoms with Crippen LogP contribution in [0.15, 0.2) is 6.07 Å². The highest BCUT2D eigenvalue weighted by molar-refractivity contribution is 6.29. The van der Waals surface area contributed by atoms with Crippen LogP contribution in [0.5, 0.6) is 11.9 Å². The molecule has 1 aromatic heterocycles. The van der Waals surface area contributed by atoms with E-state index in [9.17, 15) is 0 Å². The van der Waals surface area contributed by atoms with Crippen molar-refractivity contribution < 1.29 is 9.47 Å². The molecule has 2 aliphatic rings. The Morgan fingerprint density at radius 2 is 1.38 bits per heavy atom. The molecule has 1 aromatic rings. The molecule has 1 heterocycles. The van der Waals surface area contributed by atoms with Gasteiger partial charge in [-0.05, 0) is 51.4 Å². The topological polar surface area (TPSA) is 44.2 Å². The molecule has 0 saturated heterocycles. The van der Waals surface area contributed by atoms with Crippen LogP contribution in [0.25, 0.3) is 0 Å². The van der Waals surface area contributed by atoms with Crippen molar-refractivity contribution in [1.29, 1.82) is 0 Å². The van der Waals surface area contributed by atoms with E-state index in [-0.39, 0.29) is 12.2 Å². The lowest BCUT2D eigenvalue weighted by atomic mass is 9.98. The fourth-order valence-corrected chi connectivity index (χ4v) is 3.34. The van der Waals surface area contributed by atoms with E-state index >= 15 is 0 Å². The van der Waals surface area contributed by atoms with Gasteiger partial charge in [-0.2, -0.15) is 9.97 Å². The molecule has 0 spiro atoms. The standard InChI is InChI=1S/C16H23ClN2O2/c17-14-11-15(20-12-7-3-1-4-8-12)19-16(18-14)21-13-9-5-2-6-10-13/h11-13H,1-10H2. The summed E-state index contributed by atoms with van der Waals surface area (Å²) in [6.45, 7) is 0. The smallest absolute Gasteiger partial charge is 0.321 e. The van der Waals surface area contributed by atoms with E-state index in [1.807, 2.05) is 0 Å². The molecule has 0 aromatic carbocycles. The second kappa shape index (κ2) is 7.30.